The van der Waals surface area contributed by atoms with Gasteiger partial charge in [0.15, 0.2) is 0 Å². The summed E-state index contributed by atoms with van der Waals surface area (Å²) in [5, 5.41) is 13.2. The molecule has 0 spiro atoms. The monoisotopic (exact) mass is 402 g/mol. The molecule has 2 N–H and O–H groups in total. The van der Waals surface area contributed by atoms with Gasteiger partial charge >= 0.3 is 0 Å². The van der Waals surface area contributed by atoms with Crippen LogP contribution >= 0.6 is 11.6 Å². The molecule has 1 amide bonds. The molecule has 2 aromatic rings. The summed E-state index contributed by atoms with van der Waals surface area (Å²) in [7, 11) is 0. The SMILES string of the molecule is O=C(NCc1ccc(N2CCC(O)CC2)c(F)c1)[C@H]1C[C@H]1c1cccc(Cl)c1. The Morgan fingerprint density at radius 1 is 1.21 bits per heavy atom. The number of carbonyl (C=O) groups excluding carboxylic acids is 1. The highest BCUT2D eigenvalue weighted by molar-refractivity contribution is 6.30. The summed E-state index contributed by atoms with van der Waals surface area (Å²) in [4.78, 5) is 14.4. The number of halogens is 2. The fraction of sp³-hybridized carbons (Fsp3) is 0.409. The second kappa shape index (κ2) is 8.10. The molecular formula is C22H24ClFN2O2. The minimum atomic E-state index is -0.286. The van der Waals surface area contributed by atoms with Gasteiger partial charge in [-0.2, -0.15) is 0 Å². The van der Waals surface area contributed by atoms with Gasteiger partial charge in [0.05, 0.1) is 11.8 Å². The van der Waals surface area contributed by atoms with Gasteiger partial charge in [-0.25, -0.2) is 4.39 Å². The summed E-state index contributed by atoms with van der Waals surface area (Å²) in [5.41, 5.74) is 2.39. The molecule has 6 heteroatoms. The molecule has 0 bridgehead atoms. The number of nitrogens with one attached hydrogen (secondary N) is 1. The van der Waals surface area contributed by atoms with Crippen molar-refractivity contribution in [3.63, 3.8) is 0 Å². The lowest BCUT2D eigenvalue weighted by atomic mass is 10.1. The second-order valence-corrected chi connectivity index (χ2v) is 8.16. The fourth-order valence-electron chi connectivity index (χ4n) is 3.93. The van der Waals surface area contributed by atoms with Crippen molar-refractivity contribution in [2.45, 2.75) is 37.8 Å². The maximum Gasteiger partial charge on any atom is 0.224 e. The van der Waals surface area contributed by atoms with Crippen molar-refractivity contribution in [1.29, 1.82) is 0 Å². The van der Waals surface area contributed by atoms with E-state index in [1.165, 1.54) is 6.07 Å². The number of hydrogen-bond donors (Lipinski definition) is 2. The number of aliphatic hydroxyl groups is 1. The van der Waals surface area contributed by atoms with Crippen LogP contribution in [0.4, 0.5) is 10.1 Å². The Morgan fingerprint density at radius 3 is 2.71 bits per heavy atom. The van der Waals surface area contributed by atoms with E-state index < -0.39 is 0 Å². The van der Waals surface area contributed by atoms with Crippen LogP contribution in [0.25, 0.3) is 0 Å². The average molecular weight is 403 g/mol. The molecule has 2 aromatic carbocycles. The number of anilines is 1. The zero-order valence-corrected chi connectivity index (χ0v) is 16.3. The Morgan fingerprint density at radius 2 is 2.00 bits per heavy atom. The van der Waals surface area contributed by atoms with Crippen LogP contribution in [0.15, 0.2) is 42.5 Å². The summed E-state index contributed by atoms with van der Waals surface area (Å²) in [6.07, 6.45) is 1.85. The summed E-state index contributed by atoms with van der Waals surface area (Å²) in [6, 6.07) is 12.7. The Labute approximate surface area is 169 Å². The molecule has 148 valence electrons. The second-order valence-electron chi connectivity index (χ2n) is 7.73. The van der Waals surface area contributed by atoms with E-state index in [9.17, 15) is 14.3 Å². The van der Waals surface area contributed by atoms with E-state index in [4.69, 9.17) is 11.6 Å². The van der Waals surface area contributed by atoms with E-state index in [1.807, 2.05) is 35.2 Å². The van der Waals surface area contributed by atoms with Crippen LogP contribution in [-0.2, 0) is 11.3 Å². The van der Waals surface area contributed by atoms with Crippen LogP contribution in [0.2, 0.25) is 5.02 Å². The van der Waals surface area contributed by atoms with E-state index in [0.717, 1.165) is 17.5 Å². The van der Waals surface area contributed by atoms with E-state index >= 15 is 0 Å². The standard InChI is InChI=1S/C22H24ClFN2O2/c23-16-3-1-2-15(11-16)18-12-19(18)22(28)25-13-14-4-5-21(20(24)10-14)26-8-6-17(27)7-9-26/h1-5,10-11,17-19,27H,6-9,12-13H2,(H,25,28)/t18-,19-/m0/s1. The first-order valence-electron chi connectivity index (χ1n) is 9.76. The number of aliphatic hydroxyl groups excluding tert-OH is 1. The van der Waals surface area contributed by atoms with Crippen LogP contribution in [0.5, 0.6) is 0 Å². The third kappa shape index (κ3) is 4.31. The van der Waals surface area contributed by atoms with E-state index in [-0.39, 0.29) is 29.7 Å². The molecule has 1 saturated heterocycles. The highest BCUT2D eigenvalue weighted by Gasteiger charge is 2.43. The van der Waals surface area contributed by atoms with Gasteiger partial charge in [-0.3, -0.25) is 4.79 Å². The Balaban J connectivity index is 1.31. The lowest BCUT2D eigenvalue weighted by molar-refractivity contribution is -0.122. The first-order valence-corrected chi connectivity index (χ1v) is 10.1. The fourth-order valence-corrected chi connectivity index (χ4v) is 4.13. The molecule has 1 aliphatic carbocycles. The van der Waals surface area contributed by atoms with Gasteiger partial charge in [0.1, 0.15) is 5.82 Å². The van der Waals surface area contributed by atoms with Gasteiger partial charge in [-0.15, -0.1) is 0 Å². The number of piperidine rings is 1. The molecule has 1 saturated carbocycles. The van der Waals surface area contributed by atoms with Crippen molar-refractivity contribution in [2.24, 2.45) is 5.92 Å². The number of nitrogens with zero attached hydrogens (tertiary/aromatic N) is 1. The third-order valence-electron chi connectivity index (χ3n) is 5.69. The molecule has 0 unspecified atom stereocenters. The molecule has 2 aliphatic rings. The maximum atomic E-state index is 14.5. The molecule has 2 atom stereocenters. The first-order chi connectivity index (χ1) is 13.5. The number of carbonyl (C=O) groups is 1. The molecule has 4 nitrogen and oxygen atoms in total. The maximum absolute atomic E-state index is 14.5. The van der Waals surface area contributed by atoms with Gasteiger partial charge in [-0.05, 0) is 60.6 Å². The molecule has 0 aromatic heterocycles. The minimum Gasteiger partial charge on any atom is -0.393 e. The topological polar surface area (TPSA) is 52.6 Å². The number of benzene rings is 2. The smallest absolute Gasteiger partial charge is 0.224 e. The number of rotatable bonds is 5. The Hall–Kier alpha value is -2.11. The highest BCUT2D eigenvalue weighted by Crippen LogP contribution is 2.48. The van der Waals surface area contributed by atoms with E-state index in [0.29, 0.717) is 43.2 Å². The third-order valence-corrected chi connectivity index (χ3v) is 5.92. The van der Waals surface area contributed by atoms with Crippen molar-refractivity contribution in [2.75, 3.05) is 18.0 Å². The Bertz CT molecular complexity index is 867. The predicted octanol–water partition coefficient (Wildman–Crippen LogP) is 3.86. The van der Waals surface area contributed by atoms with E-state index in [1.54, 1.807) is 6.07 Å². The van der Waals surface area contributed by atoms with Crippen molar-refractivity contribution < 1.29 is 14.3 Å². The largest absolute Gasteiger partial charge is 0.393 e. The molecule has 4 rings (SSSR count). The van der Waals surface area contributed by atoms with E-state index in [2.05, 4.69) is 5.32 Å². The van der Waals surface area contributed by atoms with Crippen LogP contribution < -0.4 is 10.2 Å². The number of hydrogen-bond acceptors (Lipinski definition) is 3. The molecular weight excluding hydrogens is 379 g/mol. The molecule has 0 radical (unpaired) electrons. The van der Waals surface area contributed by atoms with Crippen LogP contribution in [0.3, 0.4) is 0 Å². The lowest BCUT2D eigenvalue weighted by Crippen LogP contribution is -2.36. The zero-order chi connectivity index (χ0) is 19.7. The van der Waals surface area contributed by atoms with Crippen LogP contribution in [0, 0.1) is 11.7 Å². The summed E-state index contributed by atoms with van der Waals surface area (Å²) >= 11 is 6.02. The van der Waals surface area contributed by atoms with Gasteiger partial charge in [-0.1, -0.05) is 29.8 Å². The summed E-state index contributed by atoms with van der Waals surface area (Å²) in [6.45, 7) is 1.62. The summed E-state index contributed by atoms with van der Waals surface area (Å²) in [5.74, 6) is -0.111. The molecule has 1 heterocycles. The Kier molecular flexibility index (Phi) is 5.56. The lowest BCUT2D eigenvalue weighted by Gasteiger charge is -2.31. The zero-order valence-electron chi connectivity index (χ0n) is 15.6. The van der Waals surface area contributed by atoms with Gasteiger partial charge in [0.25, 0.3) is 0 Å². The van der Waals surface area contributed by atoms with Crippen molar-refractivity contribution >= 4 is 23.2 Å². The average Bonchev–Trinajstić information content (AvgIpc) is 3.48. The molecule has 2 fully saturated rings. The molecule has 1 aliphatic heterocycles. The highest BCUT2D eigenvalue weighted by atomic mass is 35.5. The first kappa shape index (κ1) is 19.2. The van der Waals surface area contributed by atoms with Gasteiger partial charge in [0.2, 0.25) is 5.91 Å². The molecule has 28 heavy (non-hydrogen) atoms. The van der Waals surface area contributed by atoms with Crippen molar-refractivity contribution in [1.82, 2.24) is 5.32 Å². The van der Waals surface area contributed by atoms with Gasteiger partial charge in [0, 0.05) is 30.6 Å². The number of amides is 1. The van der Waals surface area contributed by atoms with Crippen LogP contribution in [-0.4, -0.2) is 30.2 Å². The van der Waals surface area contributed by atoms with Crippen LogP contribution in [0.1, 0.15) is 36.3 Å². The normalized spacial score (nSPS) is 22.2. The van der Waals surface area contributed by atoms with Crippen molar-refractivity contribution in [3.8, 4) is 0 Å². The predicted molar refractivity (Wildman–Crippen MR) is 108 cm³/mol. The van der Waals surface area contributed by atoms with Gasteiger partial charge < -0.3 is 15.3 Å². The summed E-state index contributed by atoms with van der Waals surface area (Å²) < 4.78 is 14.5. The quantitative estimate of drug-likeness (QED) is 0.798. The van der Waals surface area contributed by atoms with Crippen molar-refractivity contribution in [3.05, 3.63) is 64.4 Å². The minimum absolute atomic E-state index is 0.000483.